The number of benzene rings is 2. The summed E-state index contributed by atoms with van der Waals surface area (Å²) in [7, 11) is 0. The number of nitrogens with zero attached hydrogens (tertiary/aromatic N) is 2. The molecular formula is C26H25N3O3. The van der Waals surface area contributed by atoms with Crippen molar-refractivity contribution in [3.8, 4) is 5.69 Å². The van der Waals surface area contributed by atoms with Crippen molar-refractivity contribution in [2.75, 3.05) is 4.90 Å². The van der Waals surface area contributed by atoms with Gasteiger partial charge in [0.1, 0.15) is 5.57 Å². The molecule has 0 spiro atoms. The van der Waals surface area contributed by atoms with Crippen LogP contribution in [0.5, 0.6) is 0 Å². The highest BCUT2D eigenvalue weighted by molar-refractivity contribution is 6.39. The van der Waals surface area contributed by atoms with Crippen molar-refractivity contribution in [3.05, 3.63) is 88.2 Å². The van der Waals surface area contributed by atoms with Gasteiger partial charge >= 0.3 is 6.03 Å². The SMILES string of the molecule is CCc1ccc(-n2c(C)cc(/C=C3\C(=O)NC(=O)N(c4ccc(C)cc4)C3=O)c2C)cc1. The largest absolute Gasteiger partial charge is 0.335 e. The van der Waals surface area contributed by atoms with E-state index in [4.69, 9.17) is 0 Å². The number of rotatable bonds is 4. The fourth-order valence-electron chi connectivity index (χ4n) is 3.95. The maximum absolute atomic E-state index is 13.1. The van der Waals surface area contributed by atoms with Crippen LogP contribution in [0.4, 0.5) is 10.5 Å². The van der Waals surface area contributed by atoms with Gasteiger partial charge in [0.25, 0.3) is 11.8 Å². The highest BCUT2D eigenvalue weighted by Gasteiger charge is 2.37. The Hall–Kier alpha value is -3.93. The molecule has 162 valence electrons. The molecule has 1 fully saturated rings. The van der Waals surface area contributed by atoms with Crippen molar-refractivity contribution >= 4 is 29.6 Å². The molecule has 2 aromatic carbocycles. The van der Waals surface area contributed by atoms with Crippen LogP contribution in [0.3, 0.4) is 0 Å². The zero-order valence-corrected chi connectivity index (χ0v) is 18.6. The number of hydrogen-bond acceptors (Lipinski definition) is 3. The van der Waals surface area contributed by atoms with Gasteiger partial charge in [-0.05, 0) is 74.7 Å². The van der Waals surface area contributed by atoms with Gasteiger partial charge in [0.15, 0.2) is 0 Å². The average molecular weight is 428 g/mol. The Morgan fingerprint density at radius 2 is 1.50 bits per heavy atom. The van der Waals surface area contributed by atoms with E-state index >= 15 is 0 Å². The van der Waals surface area contributed by atoms with Crippen LogP contribution in [0.1, 0.15) is 35.0 Å². The first-order valence-electron chi connectivity index (χ1n) is 10.6. The number of carbonyl (C=O) groups is 3. The first kappa shape index (κ1) is 21.3. The van der Waals surface area contributed by atoms with Crippen LogP contribution in [-0.2, 0) is 16.0 Å². The van der Waals surface area contributed by atoms with Crippen molar-refractivity contribution in [2.24, 2.45) is 0 Å². The highest BCUT2D eigenvalue weighted by Crippen LogP contribution is 2.26. The van der Waals surface area contributed by atoms with Gasteiger partial charge in [-0.25, -0.2) is 9.69 Å². The number of anilines is 1. The molecule has 0 radical (unpaired) electrons. The summed E-state index contributed by atoms with van der Waals surface area (Å²) in [6.07, 6.45) is 2.53. The van der Waals surface area contributed by atoms with E-state index in [1.807, 2.05) is 39.0 Å². The first-order chi connectivity index (χ1) is 15.3. The van der Waals surface area contributed by atoms with Gasteiger partial charge in [0.05, 0.1) is 5.69 Å². The van der Waals surface area contributed by atoms with Crippen molar-refractivity contribution in [3.63, 3.8) is 0 Å². The minimum atomic E-state index is -0.748. The summed E-state index contributed by atoms with van der Waals surface area (Å²) < 4.78 is 2.08. The lowest BCUT2D eigenvalue weighted by molar-refractivity contribution is -0.122. The summed E-state index contributed by atoms with van der Waals surface area (Å²) in [6, 6.07) is 16.5. The molecule has 0 atom stereocenters. The molecule has 0 bridgehead atoms. The predicted molar refractivity (Wildman–Crippen MR) is 125 cm³/mol. The van der Waals surface area contributed by atoms with Crippen molar-refractivity contribution < 1.29 is 14.4 Å². The summed E-state index contributed by atoms with van der Waals surface area (Å²) in [5, 5.41) is 2.28. The van der Waals surface area contributed by atoms with E-state index in [2.05, 4.69) is 41.1 Å². The quantitative estimate of drug-likeness (QED) is 0.487. The van der Waals surface area contributed by atoms with Gasteiger partial charge in [-0.15, -0.1) is 0 Å². The maximum Gasteiger partial charge on any atom is 0.335 e. The van der Waals surface area contributed by atoms with Crippen molar-refractivity contribution in [2.45, 2.75) is 34.1 Å². The van der Waals surface area contributed by atoms with Gasteiger partial charge in [0, 0.05) is 17.1 Å². The number of amides is 4. The van der Waals surface area contributed by atoms with Gasteiger partial charge in [-0.3, -0.25) is 14.9 Å². The van der Waals surface area contributed by atoms with Gasteiger partial charge in [-0.2, -0.15) is 0 Å². The minimum Gasteiger partial charge on any atom is -0.318 e. The van der Waals surface area contributed by atoms with Crippen LogP contribution < -0.4 is 10.2 Å². The summed E-state index contributed by atoms with van der Waals surface area (Å²) in [5.41, 5.74) is 6.24. The van der Waals surface area contributed by atoms with Crippen LogP contribution in [0.25, 0.3) is 11.8 Å². The predicted octanol–water partition coefficient (Wildman–Crippen LogP) is 4.63. The molecule has 1 aliphatic heterocycles. The number of carbonyl (C=O) groups excluding carboxylic acids is 3. The summed E-state index contributed by atoms with van der Waals surface area (Å²) in [5.74, 6) is -1.33. The number of aromatic nitrogens is 1. The molecule has 2 heterocycles. The van der Waals surface area contributed by atoms with E-state index in [9.17, 15) is 14.4 Å². The molecule has 3 aromatic rings. The summed E-state index contributed by atoms with van der Waals surface area (Å²) in [6.45, 7) is 7.96. The first-order valence-corrected chi connectivity index (χ1v) is 10.6. The Balaban J connectivity index is 1.73. The number of hydrogen-bond donors (Lipinski definition) is 1. The molecule has 6 nitrogen and oxygen atoms in total. The fraction of sp³-hybridized carbons (Fsp3) is 0.192. The Morgan fingerprint density at radius 1 is 0.875 bits per heavy atom. The number of nitrogens with one attached hydrogen (secondary N) is 1. The number of urea groups is 1. The second kappa shape index (κ2) is 8.30. The highest BCUT2D eigenvalue weighted by atomic mass is 16.2. The van der Waals surface area contributed by atoms with Gasteiger partial charge in [0.2, 0.25) is 0 Å². The van der Waals surface area contributed by atoms with Crippen LogP contribution in [-0.4, -0.2) is 22.4 Å². The fourth-order valence-corrected chi connectivity index (χ4v) is 3.95. The molecule has 1 aliphatic rings. The molecule has 1 saturated heterocycles. The third-order valence-electron chi connectivity index (χ3n) is 5.77. The number of aryl methyl sites for hydroxylation is 3. The maximum atomic E-state index is 13.1. The van der Waals surface area contributed by atoms with Crippen molar-refractivity contribution in [1.29, 1.82) is 0 Å². The number of imide groups is 2. The van der Waals surface area contributed by atoms with Crippen molar-refractivity contribution in [1.82, 2.24) is 9.88 Å². The average Bonchev–Trinajstić information content (AvgIpc) is 3.05. The smallest absolute Gasteiger partial charge is 0.318 e. The molecule has 1 N–H and O–H groups in total. The van der Waals surface area contributed by atoms with E-state index in [-0.39, 0.29) is 5.57 Å². The lowest BCUT2D eigenvalue weighted by Crippen LogP contribution is -2.54. The molecule has 32 heavy (non-hydrogen) atoms. The lowest BCUT2D eigenvalue weighted by atomic mass is 10.1. The van der Waals surface area contributed by atoms with E-state index in [0.717, 1.165) is 39.5 Å². The zero-order valence-electron chi connectivity index (χ0n) is 18.6. The molecule has 4 rings (SSSR count). The Kier molecular flexibility index (Phi) is 5.53. The summed E-state index contributed by atoms with van der Waals surface area (Å²) in [4.78, 5) is 39.1. The normalized spacial score (nSPS) is 15.4. The second-order valence-electron chi connectivity index (χ2n) is 7.98. The van der Waals surface area contributed by atoms with E-state index in [0.29, 0.717) is 5.69 Å². The Morgan fingerprint density at radius 3 is 2.12 bits per heavy atom. The van der Waals surface area contributed by atoms with E-state index in [1.54, 1.807) is 18.2 Å². The van der Waals surface area contributed by atoms with Gasteiger partial charge in [-0.1, -0.05) is 36.8 Å². The third kappa shape index (κ3) is 3.75. The third-order valence-corrected chi connectivity index (χ3v) is 5.77. The van der Waals surface area contributed by atoms with E-state index < -0.39 is 17.8 Å². The van der Waals surface area contributed by atoms with Crippen LogP contribution in [0.15, 0.2) is 60.2 Å². The van der Waals surface area contributed by atoms with Crippen LogP contribution in [0.2, 0.25) is 0 Å². The standard InChI is InChI=1S/C26H25N3O3/c1-5-19-8-12-21(13-9-19)28-17(3)14-20(18(28)4)15-23-24(30)27-26(32)29(25(23)31)22-10-6-16(2)7-11-22/h6-15H,5H2,1-4H3,(H,27,30,32)/b23-15+. The topological polar surface area (TPSA) is 71.4 Å². The lowest BCUT2D eigenvalue weighted by Gasteiger charge is -2.26. The monoisotopic (exact) mass is 427 g/mol. The van der Waals surface area contributed by atoms with Crippen LogP contribution >= 0.6 is 0 Å². The molecule has 6 heteroatoms. The Labute approximate surface area is 187 Å². The second-order valence-corrected chi connectivity index (χ2v) is 7.98. The van der Waals surface area contributed by atoms with Crippen LogP contribution in [0, 0.1) is 20.8 Å². The molecule has 0 saturated carbocycles. The Bertz CT molecular complexity index is 1250. The summed E-state index contributed by atoms with van der Waals surface area (Å²) >= 11 is 0. The molecule has 0 unspecified atom stereocenters. The van der Waals surface area contributed by atoms with Gasteiger partial charge < -0.3 is 4.57 Å². The molecule has 0 aliphatic carbocycles. The zero-order chi connectivity index (χ0) is 23.0. The molecule has 4 amide bonds. The molecular weight excluding hydrogens is 402 g/mol. The van der Waals surface area contributed by atoms with E-state index in [1.165, 1.54) is 5.56 Å². The molecule has 1 aromatic heterocycles. The number of barbiturate groups is 1. The minimum absolute atomic E-state index is 0.0771.